The van der Waals surface area contributed by atoms with E-state index in [1.54, 1.807) is 24.3 Å². The number of hydrogen-bond donors (Lipinski definition) is 2. The number of benzene rings is 2. The molecule has 0 radical (unpaired) electrons. The molecule has 178 valence electrons. The van der Waals surface area contributed by atoms with Crippen LogP contribution in [0.2, 0.25) is 0 Å². The molecule has 4 rings (SSSR count). The second-order valence-corrected chi connectivity index (χ2v) is 10.9. The average Bonchev–Trinajstić information content (AvgIpc) is 3.62. The quantitative estimate of drug-likeness (QED) is 0.556. The lowest BCUT2D eigenvalue weighted by Crippen LogP contribution is -2.43. The van der Waals surface area contributed by atoms with Gasteiger partial charge in [0.1, 0.15) is 0 Å². The molecule has 1 aliphatic carbocycles. The molecule has 7 nitrogen and oxygen atoms in total. The maximum absolute atomic E-state index is 12.3. The molecular weight excluding hydrogens is 436 g/mol. The van der Waals surface area contributed by atoms with Crippen LogP contribution in [-0.4, -0.2) is 63.4 Å². The molecular formula is C25H34N4O3S. The highest BCUT2D eigenvalue weighted by atomic mass is 32.2. The Morgan fingerprint density at radius 2 is 1.67 bits per heavy atom. The van der Waals surface area contributed by atoms with E-state index in [1.807, 2.05) is 6.07 Å². The van der Waals surface area contributed by atoms with E-state index in [0.29, 0.717) is 19.4 Å². The summed E-state index contributed by atoms with van der Waals surface area (Å²) in [6.07, 6.45) is 2.76. The van der Waals surface area contributed by atoms with Gasteiger partial charge in [-0.05, 0) is 55.1 Å². The fourth-order valence-electron chi connectivity index (χ4n) is 3.97. The van der Waals surface area contributed by atoms with E-state index < -0.39 is 10.0 Å². The van der Waals surface area contributed by atoms with Gasteiger partial charge >= 0.3 is 0 Å². The van der Waals surface area contributed by atoms with E-state index in [4.69, 9.17) is 0 Å². The van der Waals surface area contributed by atoms with E-state index in [1.165, 1.54) is 5.56 Å². The number of carbonyl (C=O) groups excluding carboxylic acids is 1. The summed E-state index contributed by atoms with van der Waals surface area (Å²) in [5.41, 5.74) is 3.33. The van der Waals surface area contributed by atoms with Crippen molar-refractivity contribution in [3.63, 3.8) is 0 Å². The third-order valence-electron chi connectivity index (χ3n) is 6.26. The lowest BCUT2D eigenvalue weighted by atomic mass is 10.1. The summed E-state index contributed by atoms with van der Waals surface area (Å²) in [6.45, 7) is 5.83. The van der Waals surface area contributed by atoms with Crippen LogP contribution >= 0.6 is 0 Å². The van der Waals surface area contributed by atoms with Gasteiger partial charge in [0.15, 0.2) is 0 Å². The molecule has 0 unspecified atom stereocenters. The zero-order valence-electron chi connectivity index (χ0n) is 19.3. The summed E-state index contributed by atoms with van der Waals surface area (Å²) in [5, 5.41) is 3.00. The predicted octanol–water partition coefficient (Wildman–Crippen LogP) is 2.12. The predicted molar refractivity (Wildman–Crippen MR) is 129 cm³/mol. The number of rotatable bonds is 10. The van der Waals surface area contributed by atoms with Gasteiger partial charge in [0.05, 0.1) is 4.90 Å². The fourth-order valence-corrected chi connectivity index (χ4v) is 5.28. The van der Waals surface area contributed by atoms with Crippen molar-refractivity contribution in [1.82, 2.24) is 19.8 Å². The molecule has 2 aliphatic rings. The third-order valence-corrected chi connectivity index (χ3v) is 7.79. The van der Waals surface area contributed by atoms with E-state index in [9.17, 15) is 13.2 Å². The van der Waals surface area contributed by atoms with Gasteiger partial charge in [-0.1, -0.05) is 36.4 Å². The minimum absolute atomic E-state index is 0.00781. The summed E-state index contributed by atoms with van der Waals surface area (Å²) >= 11 is 0. The summed E-state index contributed by atoms with van der Waals surface area (Å²) in [5.74, 6) is -0.00781. The summed E-state index contributed by atoms with van der Waals surface area (Å²) < 4.78 is 27.2. The van der Waals surface area contributed by atoms with Crippen LogP contribution in [0.1, 0.15) is 36.0 Å². The van der Waals surface area contributed by atoms with Gasteiger partial charge in [-0.3, -0.25) is 9.69 Å². The van der Waals surface area contributed by atoms with E-state index >= 15 is 0 Å². The number of aryl methyl sites for hydroxylation is 1. The highest BCUT2D eigenvalue weighted by Crippen LogP contribution is 2.22. The first-order valence-corrected chi connectivity index (χ1v) is 13.2. The number of piperazine rings is 1. The van der Waals surface area contributed by atoms with Gasteiger partial charge in [-0.15, -0.1) is 0 Å². The van der Waals surface area contributed by atoms with Crippen LogP contribution in [-0.2, 0) is 34.3 Å². The Balaban J connectivity index is 1.21. The molecule has 1 saturated carbocycles. The van der Waals surface area contributed by atoms with E-state index in [2.05, 4.69) is 45.1 Å². The Kier molecular flexibility index (Phi) is 7.80. The molecule has 2 N–H and O–H groups in total. The first kappa shape index (κ1) is 23.9. The molecule has 1 aliphatic heterocycles. The summed E-state index contributed by atoms with van der Waals surface area (Å²) in [6, 6.07) is 15.3. The molecule has 1 amide bonds. The molecule has 0 atom stereocenters. The van der Waals surface area contributed by atoms with Crippen LogP contribution in [0.25, 0.3) is 0 Å². The highest BCUT2D eigenvalue weighted by Gasteiger charge is 2.27. The average molecular weight is 471 g/mol. The highest BCUT2D eigenvalue weighted by molar-refractivity contribution is 7.89. The lowest BCUT2D eigenvalue weighted by molar-refractivity contribution is -0.121. The normalized spacial score (nSPS) is 17.7. The first-order chi connectivity index (χ1) is 15.9. The molecule has 0 bridgehead atoms. The second-order valence-electron chi connectivity index (χ2n) is 9.22. The fraction of sp³-hybridized carbons (Fsp3) is 0.480. The monoisotopic (exact) mass is 470 g/mol. The molecule has 2 aromatic rings. The largest absolute Gasteiger partial charge is 0.352 e. The minimum Gasteiger partial charge on any atom is -0.352 e. The maximum atomic E-state index is 12.3. The van der Waals surface area contributed by atoms with Gasteiger partial charge in [-0.2, -0.15) is 0 Å². The molecule has 33 heavy (non-hydrogen) atoms. The van der Waals surface area contributed by atoms with Crippen LogP contribution in [0.5, 0.6) is 0 Å². The number of amides is 1. The lowest BCUT2D eigenvalue weighted by Gasteiger charge is -2.32. The third kappa shape index (κ3) is 7.37. The standard InChI is InChI=1S/C25H34N4O3S/c1-28-13-15-29(16-14-28)19-22-4-2-3-21(17-22)18-26-25(30)12-7-20-5-10-24(11-6-20)33(31,32)27-23-8-9-23/h2-6,10-11,17,23,27H,7-9,12-16,18-19H2,1H3,(H,26,30). The van der Waals surface area contributed by atoms with E-state index in [-0.39, 0.29) is 16.8 Å². The maximum Gasteiger partial charge on any atom is 0.240 e. The number of likely N-dealkylation sites (N-methyl/N-ethyl adjacent to an activating group) is 1. The van der Waals surface area contributed by atoms with Crippen molar-refractivity contribution >= 4 is 15.9 Å². The molecule has 2 fully saturated rings. The van der Waals surface area contributed by atoms with E-state index in [0.717, 1.165) is 56.7 Å². The number of nitrogens with zero attached hydrogens (tertiary/aromatic N) is 2. The Morgan fingerprint density at radius 3 is 2.36 bits per heavy atom. The van der Waals surface area contributed by atoms with Gasteiger partial charge in [-0.25, -0.2) is 13.1 Å². The van der Waals surface area contributed by atoms with Crippen molar-refractivity contribution in [2.45, 2.75) is 49.7 Å². The van der Waals surface area contributed by atoms with Crippen LogP contribution < -0.4 is 10.0 Å². The SMILES string of the molecule is CN1CCN(Cc2cccc(CNC(=O)CCc3ccc(S(=O)(=O)NC4CC4)cc3)c2)CC1. The smallest absolute Gasteiger partial charge is 0.240 e. The van der Waals surface area contributed by atoms with Crippen LogP contribution in [0.15, 0.2) is 53.4 Å². The Bertz CT molecular complexity index is 1040. The van der Waals surface area contributed by atoms with Crippen LogP contribution in [0.4, 0.5) is 0 Å². The summed E-state index contributed by atoms with van der Waals surface area (Å²) in [7, 11) is -1.27. The molecule has 1 saturated heterocycles. The first-order valence-electron chi connectivity index (χ1n) is 11.7. The van der Waals surface area contributed by atoms with Crippen molar-refractivity contribution in [2.24, 2.45) is 0 Å². The zero-order valence-corrected chi connectivity index (χ0v) is 20.1. The van der Waals surface area contributed by atoms with Gasteiger partial charge < -0.3 is 10.2 Å². The number of sulfonamides is 1. The van der Waals surface area contributed by atoms with Crippen LogP contribution in [0, 0.1) is 0 Å². The van der Waals surface area contributed by atoms with Crippen molar-refractivity contribution in [3.05, 3.63) is 65.2 Å². The Labute approximate surface area is 197 Å². The van der Waals surface area contributed by atoms with Gasteiger partial charge in [0.2, 0.25) is 15.9 Å². The van der Waals surface area contributed by atoms with Crippen molar-refractivity contribution in [3.8, 4) is 0 Å². The molecule has 8 heteroatoms. The van der Waals surface area contributed by atoms with Crippen molar-refractivity contribution in [2.75, 3.05) is 33.2 Å². The molecule has 0 spiro atoms. The summed E-state index contributed by atoms with van der Waals surface area (Å²) in [4.78, 5) is 17.4. The minimum atomic E-state index is -3.43. The van der Waals surface area contributed by atoms with Gasteiger partial charge in [0.25, 0.3) is 0 Å². The van der Waals surface area contributed by atoms with Gasteiger partial charge in [0, 0.05) is 51.7 Å². The number of carbonyl (C=O) groups is 1. The molecule has 1 heterocycles. The molecule has 0 aromatic heterocycles. The molecule has 2 aromatic carbocycles. The van der Waals surface area contributed by atoms with Crippen LogP contribution in [0.3, 0.4) is 0 Å². The zero-order chi connectivity index (χ0) is 23.3. The van der Waals surface area contributed by atoms with Crippen molar-refractivity contribution < 1.29 is 13.2 Å². The second kappa shape index (κ2) is 10.8. The van der Waals surface area contributed by atoms with Crippen molar-refractivity contribution in [1.29, 1.82) is 0 Å². The Morgan fingerprint density at radius 1 is 0.970 bits per heavy atom. The number of hydrogen-bond acceptors (Lipinski definition) is 5. The number of nitrogens with one attached hydrogen (secondary N) is 2. The topological polar surface area (TPSA) is 81.8 Å². The Hall–Kier alpha value is -2.26.